The molecule has 0 radical (unpaired) electrons. The molecule has 78 valence electrons. The van der Waals surface area contributed by atoms with Crippen LogP contribution in [-0.2, 0) is 0 Å². The third-order valence-electron chi connectivity index (χ3n) is 2.23. The molecular weight excluding hydrogens is 289 g/mol. The van der Waals surface area contributed by atoms with Crippen LogP contribution < -0.4 is 4.90 Å². The summed E-state index contributed by atoms with van der Waals surface area (Å²) >= 11 is 2.21. The van der Waals surface area contributed by atoms with Crippen molar-refractivity contribution in [1.82, 2.24) is 9.97 Å². The molecule has 1 heterocycles. The Bertz CT molecular complexity index is 273. The summed E-state index contributed by atoms with van der Waals surface area (Å²) in [5.74, 6) is 1.49. The molecule has 3 nitrogen and oxygen atoms in total. The van der Waals surface area contributed by atoms with Gasteiger partial charge in [-0.15, -0.1) is 0 Å². The lowest BCUT2D eigenvalue weighted by molar-refractivity contribution is 0.555. The van der Waals surface area contributed by atoms with Crippen molar-refractivity contribution >= 4 is 28.5 Å². The molecular formula is C10H16IN3. The van der Waals surface area contributed by atoms with Crippen LogP contribution in [0.4, 0.5) is 5.95 Å². The van der Waals surface area contributed by atoms with E-state index in [0.717, 1.165) is 16.1 Å². The van der Waals surface area contributed by atoms with Gasteiger partial charge in [-0.1, -0.05) is 20.3 Å². The lowest BCUT2D eigenvalue weighted by Gasteiger charge is -2.20. The van der Waals surface area contributed by atoms with Gasteiger partial charge in [0.1, 0.15) is 0 Å². The summed E-state index contributed by atoms with van der Waals surface area (Å²) in [4.78, 5) is 10.6. The summed E-state index contributed by atoms with van der Waals surface area (Å²) in [6.45, 7) is 5.45. The number of hydrogen-bond acceptors (Lipinski definition) is 3. The first-order valence-electron chi connectivity index (χ1n) is 4.82. The standard InChI is InChI=1S/C10H16IN3/c1-4-8(2)7-14(3)10-12-5-9(11)6-13-10/h5-6,8H,4,7H2,1-3H3. The maximum atomic E-state index is 4.27. The van der Waals surface area contributed by atoms with E-state index >= 15 is 0 Å². The number of anilines is 1. The highest BCUT2D eigenvalue weighted by atomic mass is 127. The van der Waals surface area contributed by atoms with Gasteiger partial charge in [0, 0.05) is 29.6 Å². The average molecular weight is 305 g/mol. The second-order valence-corrected chi connectivity index (χ2v) is 4.84. The van der Waals surface area contributed by atoms with Crippen LogP contribution in [0, 0.1) is 9.49 Å². The van der Waals surface area contributed by atoms with Crippen molar-refractivity contribution in [2.45, 2.75) is 20.3 Å². The van der Waals surface area contributed by atoms with Gasteiger partial charge in [-0.25, -0.2) is 9.97 Å². The van der Waals surface area contributed by atoms with Gasteiger partial charge in [-0.05, 0) is 28.5 Å². The molecule has 0 aromatic carbocycles. The number of rotatable bonds is 4. The van der Waals surface area contributed by atoms with Gasteiger partial charge < -0.3 is 4.90 Å². The van der Waals surface area contributed by atoms with Crippen LogP contribution in [-0.4, -0.2) is 23.6 Å². The molecule has 0 aliphatic carbocycles. The van der Waals surface area contributed by atoms with Crippen LogP contribution >= 0.6 is 22.6 Å². The van der Waals surface area contributed by atoms with Crippen LogP contribution in [0.25, 0.3) is 0 Å². The monoisotopic (exact) mass is 305 g/mol. The fourth-order valence-electron chi connectivity index (χ4n) is 1.18. The SMILES string of the molecule is CCC(C)CN(C)c1ncc(I)cn1. The Morgan fingerprint density at radius 2 is 2.00 bits per heavy atom. The molecule has 14 heavy (non-hydrogen) atoms. The molecule has 0 bridgehead atoms. The normalized spacial score (nSPS) is 12.6. The van der Waals surface area contributed by atoms with E-state index < -0.39 is 0 Å². The van der Waals surface area contributed by atoms with Crippen LogP contribution in [0.15, 0.2) is 12.4 Å². The van der Waals surface area contributed by atoms with E-state index in [1.54, 1.807) is 0 Å². The molecule has 1 unspecified atom stereocenters. The zero-order chi connectivity index (χ0) is 10.6. The van der Waals surface area contributed by atoms with E-state index in [-0.39, 0.29) is 0 Å². The summed E-state index contributed by atoms with van der Waals surface area (Å²) in [5.41, 5.74) is 0. The highest BCUT2D eigenvalue weighted by molar-refractivity contribution is 14.1. The van der Waals surface area contributed by atoms with Crippen molar-refractivity contribution in [2.75, 3.05) is 18.5 Å². The van der Waals surface area contributed by atoms with E-state index in [4.69, 9.17) is 0 Å². The Labute approximate surface area is 99.1 Å². The Hall–Kier alpha value is -0.390. The van der Waals surface area contributed by atoms with E-state index in [2.05, 4.69) is 51.3 Å². The topological polar surface area (TPSA) is 29.0 Å². The summed E-state index contributed by atoms with van der Waals surface area (Å²) < 4.78 is 1.07. The first-order valence-corrected chi connectivity index (χ1v) is 5.90. The minimum Gasteiger partial charge on any atom is -0.344 e. The zero-order valence-corrected chi connectivity index (χ0v) is 11.0. The predicted molar refractivity (Wildman–Crippen MR) is 67.5 cm³/mol. The second-order valence-electron chi connectivity index (χ2n) is 3.60. The van der Waals surface area contributed by atoms with Crippen LogP contribution in [0.2, 0.25) is 0 Å². The Morgan fingerprint density at radius 1 is 1.43 bits per heavy atom. The van der Waals surface area contributed by atoms with E-state index in [9.17, 15) is 0 Å². The first kappa shape index (κ1) is 11.7. The second kappa shape index (κ2) is 5.48. The lowest BCUT2D eigenvalue weighted by Crippen LogP contribution is -2.25. The predicted octanol–water partition coefficient (Wildman–Crippen LogP) is 2.56. The molecule has 1 aromatic heterocycles. The average Bonchev–Trinajstić information content (AvgIpc) is 2.18. The Kier molecular flexibility index (Phi) is 4.57. The molecule has 0 saturated carbocycles. The van der Waals surface area contributed by atoms with Crippen molar-refractivity contribution in [1.29, 1.82) is 0 Å². The number of aromatic nitrogens is 2. The molecule has 0 aliphatic heterocycles. The number of nitrogens with zero attached hydrogens (tertiary/aromatic N) is 3. The summed E-state index contributed by atoms with van der Waals surface area (Å²) in [6.07, 6.45) is 4.88. The van der Waals surface area contributed by atoms with Gasteiger partial charge in [0.15, 0.2) is 0 Å². The molecule has 0 aliphatic rings. The molecule has 1 atom stereocenters. The molecule has 0 spiro atoms. The largest absolute Gasteiger partial charge is 0.344 e. The van der Waals surface area contributed by atoms with Crippen molar-refractivity contribution in [3.63, 3.8) is 0 Å². The Morgan fingerprint density at radius 3 is 2.50 bits per heavy atom. The fraction of sp³-hybridized carbons (Fsp3) is 0.600. The van der Waals surface area contributed by atoms with Gasteiger partial charge in [-0.2, -0.15) is 0 Å². The van der Waals surface area contributed by atoms with Crippen molar-refractivity contribution in [3.8, 4) is 0 Å². The highest BCUT2D eigenvalue weighted by Gasteiger charge is 2.07. The Balaban J connectivity index is 2.60. The van der Waals surface area contributed by atoms with Crippen molar-refractivity contribution in [2.24, 2.45) is 5.92 Å². The summed E-state index contributed by atoms with van der Waals surface area (Å²) in [7, 11) is 2.04. The third kappa shape index (κ3) is 3.40. The van der Waals surface area contributed by atoms with Crippen LogP contribution in [0.5, 0.6) is 0 Å². The van der Waals surface area contributed by atoms with Gasteiger partial charge >= 0.3 is 0 Å². The molecule has 1 rings (SSSR count). The van der Waals surface area contributed by atoms with Crippen molar-refractivity contribution in [3.05, 3.63) is 16.0 Å². The molecule has 1 aromatic rings. The summed E-state index contributed by atoms with van der Waals surface area (Å²) in [6, 6.07) is 0. The van der Waals surface area contributed by atoms with E-state index in [0.29, 0.717) is 5.92 Å². The van der Waals surface area contributed by atoms with Gasteiger partial charge in [0.25, 0.3) is 0 Å². The fourth-order valence-corrected chi connectivity index (χ4v) is 1.46. The van der Waals surface area contributed by atoms with Crippen LogP contribution in [0.3, 0.4) is 0 Å². The number of hydrogen-bond donors (Lipinski definition) is 0. The van der Waals surface area contributed by atoms with E-state index in [1.165, 1.54) is 6.42 Å². The molecule has 0 amide bonds. The molecule has 4 heteroatoms. The summed E-state index contributed by atoms with van der Waals surface area (Å²) in [5, 5.41) is 0. The van der Waals surface area contributed by atoms with Gasteiger partial charge in [0.05, 0.1) is 0 Å². The molecule has 0 fully saturated rings. The minimum absolute atomic E-state index is 0.683. The lowest BCUT2D eigenvalue weighted by atomic mass is 10.1. The zero-order valence-electron chi connectivity index (χ0n) is 8.87. The van der Waals surface area contributed by atoms with Gasteiger partial charge in [-0.3, -0.25) is 0 Å². The van der Waals surface area contributed by atoms with E-state index in [1.807, 2.05) is 19.4 Å². The molecule has 0 saturated heterocycles. The first-order chi connectivity index (χ1) is 6.63. The quantitative estimate of drug-likeness (QED) is 0.801. The van der Waals surface area contributed by atoms with Crippen molar-refractivity contribution < 1.29 is 0 Å². The van der Waals surface area contributed by atoms with Crippen LogP contribution in [0.1, 0.15) is 20.3 Å². The molecule has 0 N–H and O–H groups in total. The third-order valence-corrected chi connectivity index (χ3v) is 2.79. The van der Waals surface area contributed by atoms with Gasteiger partial charge in [0.2, 0.25) is 5.95 Å². The maximum absolute atomic E-state index is 4.27. The minimum atomic E-state index is 0.683. The number of halogens is 1. The maximum Gasteiger partial charge on any atom is 0.225 e. The smallest absolute Gasteiger partial charge is 0.225 e. The highest BCUT2D eigenvalue weighted by Crippen LogP contribution is 2.10.